The van der Waals surface area contributed by atoms with Gasteiger partial charge in [0.05, 0.1) is 36.1 Å². The summed E-state index contributed by atoms with van der Waals surface area (Å²) in [5, 5.41) is 0.424. The zero-order chi connectivity index (χ0) is 29.5. The van der Waals surface area contributed by atoms with Gasteiger partial charge in [0, 0.05) is 16.1 Å². The minimum atomic E-state index is -0.877. The van der Waals surface area contributed by atoms with Crippen LogP contribution in [-0.2, 0) is 19.1 Å². The molecule has 9 nitrogen and oxygen atoms in total. The number of halogens is 1. The summed E-state index contributed by atoms with van der Waals surface area (Å²) in [6.07, 6.45) is 2.91. The third-order valence-electron chi connectivity index (χ3n) is 6.23. The summed E-state index contributed by atoms with van der Waals surface area (Å²) in [5.41, 5.74) is 1.59. The molecule has 0 N–H and O–H groups in total. The first-order valence-corrected chi connectivity index (χ1v) is 14.4. The molecule has 41 heavy (non-hydrogen) atoms. The molecule has 3 aromatic rings. The molecular formula is C30H31ClN2O7S. The number of nitrogens with zero attached hydrogens (tertiary/aromatic N) is 2. The quantitative estimate of drug-likeness (QED) is 0.305. The van der Waals surface area contributed by atoms with Crippen molar-refractivity contribution in [2.24, 2.45) is 4.99 Å². The zero-order valence-corrected chi connectivity index (χ0v) is 24.8. The molecule has 0 fully saturated rings. The topological polar surface area (TPSA) is 105 Å². The second-order valence-electron chi connectivity index (χ2n) is 8.93. The summed E-state index contributed by atoms with van der Waals surface area (Å²) in [6.45, 7) is 5.58. The molecule has 0 radical (unpaired) electrons. The molecule has 2 aromatic carbocycles. The second-order valence-corrected chi connectivity index (χ2v) is 10.4. The van der Waals surface area contributed by atoms with Gasteiger partial charge in [0.15, 0.2) is 11.4 Å². The second kappa shape index (κ2) is 13.6. The first-order chi connectivity index (χ1) is 19.8. The van der Waals surface area contributed by atoms with Crippen LogP contribution in [0.1, 0.15) is 50.8 Å². The molecule has 1 aliphatic heterocycles. The van der Waals surface area contributed by atoms with Crippen molar-refractivity contribution in [2.75, 3.05) is 26.9 Å². The van der Waals surface area contributed by atoms with E-state index >= 15 is 0 Å². The van der Waals surface area contributed by atoms with E-state index in [1.807, 2.05) is 6.92 Å². The molecule has 4 rings (SSSR count). The minimum Gasteiger partial charge on any atom is -0.496 e. The van der Waals surface area contributed by atoms with E-state index < -0.39 is 18.0 Å². The van der Waals surface area contributed by atoms with Crippen LogP contribution in [0, 0.1) is 0 Å². The van der Waals surface area contributed by atoms with Gasteiger partial charge in [-0.15, -0.1) is 0 Å². The fraction of sp³-hybridized carbons (Fsp3) is 0.333. The van der Waals surface area contributed by atoms with Crippen molar-refractivity contribution in [3.05, 3.63) is 89.6 Å². The SMILES string of the molecule is CCCC1=C(C(=O)OCC)[C@H](c2cc(Cl)ccc2OC)n2c(s/c(=C/c3ccccc3OCC(=O)OCC)c2=O)=N1. The van der Waals surface area contributed by atoms with Gasteiger partial charge in [0.25, 0.3) is 5.56 Å². The maximum atomic E-state index is 14.1. The van der Waals surface area contributed by atoms with Crippen LogP contribution in [0.4, 0.5) is 0 Å². The zero-order valence-electron chi connectivity index (χ0n) is 23.3. The van der Waals surface area contributed by atoms with Crippen molar-refractivity contribution in [3.8, 4) is 11.5 Å². The number of fused-ring (bicyclic) bond motifs is 1. The number of carbonyl (C=O) groups excluding carboxylic acids is 2. The van der Waals surface area contributed by atoms with Crippen molar-refractivity contribution in [1.29, 1.82) is 0 Å². The van der Waals surface area contributed by atoms with E-state index in [0.29, 0.717) is 49.1 Å². The Morgan fingerprint density at radius 2 is 1.83 bits per heavy atom. The molecule has 0 amide bonds. The normalized spacial score (nSPS) is 14.8. The fourth-order valence-corrected chi connectivity index (χ4v) is 5.74. The summed E-state index contributed by atoms with van der Waals surface area (Å²) in [7, 11) is 1.52. The predicted molar refractivity (Wildman–Crippen MR) is 156 cm³/mol. The largest absolute Gasteiger partial charge is 0.496 e. The number of ether oxygens (including phenoxy) is 4. The van der Waals surface area contributed by atoms with E-state index in [0.717, 1.165) is 6.42 Å². The highest BCUT2D eigenvalue weighted by atomic mass is 35.5. The maximum absolute atomic E-state index is 14.1. The Hall–Kier alpha value is -3.89. The first kappa shape index (κ1) is 30.1. The number of para-hydroxylation sites is 1. The average Bonchev–Trinajstić information content (AvgIpc) is 3.26. The van der Waals surface area contributed by atoms with Gasteiger partial charge in [-0.1, -0.05) is 54.5 Å². The summed E-state index contributed by atoms with van der Waals surface area (Å²) in [5.74, 6) is -0.171. The van der Waals surface area contributed by atoms with Gasteiger partial charge < -0.3 is 18.9 Å². The molecule has 0 unspecified atom stereocenters. The van der Waals surface area contributed by atoms with Crippen molar-refractivity contribution in [1.82, 2.24) is 4.57 Å². The molecule has 2 heterocycles. The number of benzene rings is 2. The Labute approximate surface area is 246 Å². The highest BCUT2D eigenvalue weighted by molar-refractivity contribution is 7.07. The Balaban J connectivity index is 1.94. The summed E-state index contributed by atoms with van der Waals surface area (Å²) >= 11 is 7.59. The maximum Gasteiger partial charge on any atom is 0.344 e. The summed E-state index contributed by atoms with van der Waals surface area (Å²) < 4.78 is 23.6. The van der Waals surface area contributed by atoms with E-state index in [-0.39, 0.29) is 31.0 Å². The third kappa shape index (κ3) is 6.55. The highest BCUT2D eigenvalue weighted by Gasteiger charge is 2.36. The number of thiazole rings is 1. The highest BCUT2D eigenvalue weighted by Crippen LogP contribution is 2.38. The lowest BCUT2D eigenvalue weighted by molar-refractivity contribution is -0.145. The van der Waals surface area contributed by atoms with Crippen molar-refractivity contribution < 1.29 is 28.5 Å². The van der Waals surface area contributed by atoms with E-state index in [1.165, 1.54) is 23.0 Å². The van der Waals surface area contributed by atoms with E-state index in [2.05, 4.69) is 0 Å². The van der Waals surface area contributed by atoms with Crippen LogP contribution in [0.15, 0.2) is 63.5 Å². The molecule has 11 heteroatoms. The Kier molecular flexibility index (Phi) is 10.0. The fourth-order valence-electron chi connectivity index (χ4n) is 4.55. The van der Waals surface area contributed by atoms with Crippen LogP contribution in [0.3, 0.4) is 0 Å². The predicted octanol–water partition coefficient (Wildman–Crippen LogP) is 4.18. The standard InChI is InChI=1S/C30H31ClN2O7S/c1-5-10-21-26(29(36)39-7-3)27(20-16-19(31)13-14-23(20)37-4)33-28(35)24(41-30(33)32-21)15-18-11-8-9-12-22(18)40-17-25(34)38-6-2/h8-9,11-16,27H,5-7,10,17H2,1-4H3/b24-15+/t27-/m0/s1. The van der Waals surface area contributed by atoms with Crippen molar-refractivity contribution in [3.63, 3.8) is 0 Å². The molecule has 0 spiro atoms. The average molecular weight is 599 g/mol. The van der Waals surface area contributed by atoms with Gasteiger partial charge in [-0.25, -0.2) is 14.6 Å². The van der Waals surface area contributed by atoms with E-state index in [1.54, 1.807) is 62.4 Å². The molecule has 1 aromatic heterocycles. The molecule has 1 aliphatic rings. The molecule has 0 saturated heterocycles. The number of esters is 2. The molecule has 0 saturated carbocycles. The van der Waals surface area contributed by atoms with Crippen LogP contribution < -0.4 is 24.4 Å². The van der Waals surface area contributed by atoms with Gasteiger partial charge in [-0.3, -0.25) is 9.36 Å². The lowest BCUT2D eigenvalue weighted by Crippen LogP contribution is -2.40. The molecule has 1 atom stereocenters. The Bertz CT molecular complexity index is 1660. The van der Waals surface area contributed by atoms with Gasteiger partial charge in [-0.05, 0) is 50.6 Å². The molecule has 0 bridgehead atoms. The number of aromatic nitrogens is 1. The van der Waals surface area contributed by atoms with Crippen molar-refractivity contribution in [2.45, 2.75) is 39.7 Å². The summed E-state index contributed by atoms with van der Waals surface area (Å²) in [6, 6.07) is 11.3. The van der Waals surface area contributed by atoms with Gasteiger partial charge in [0.2, 0.25) is 0 Å². The van der Waals surface area contributed by atoms with Gasteiger partial charge >= 0.3 is 11.9 Å². The van der Waals surface area contributed by atoms with Crippen molar-refractivity contribution >= 4 is 41.0 Å². The van der Waals surface area contributed by atoms with Crippen LogP contribution in [0.25, 0.3) is 6.08 Å². The number of hydrogen-bond acceptors (Lipinski definition) is 9. The van der Waals surface area contributed by atoms with Crippen LogP contribution in [-0.4, -0.2) is 43.4 Å². The van der Waals surface area contributed by atoms with E-state index in [9.17, 15) is 14.4 Å². The lowest BCUT2D eigenvalue weighted by atomic mass is 9.93. The number of methoxy groups -OCH3 is 1. The molecule has 0 aliphatic carbocycles. The number of carbonyl (C=O) groups is 2. The van der Waals surface area contributed by atoms with E-state index in [4.69, 9.17) is 35.5 Å². The number of hydrogen-bond donors (Lipinski definition) is 0. The van der Waals surface area contributed by atoms with Crippen LogP contribution in [0.5, 0.6) is 11.5 Å². The monoisotopic (exact) mass is 598 g/mol. The first-order valence-electron chi connectivity index (χ1n) is 13.3. The van der Waals surface area contributed by atoms with Gasteiger partial charge in [-0.2, -0.15) is 0 Å². The Morgan fingerprint density at radius 3 is 2.54 bits per heavy atom. The van der Waals surface area contributed by atoms with Gasteiger partial charge in [0.1, 0.15) is 17.5 Å². The number of rotatable bonds is 11. The minimum absolute atomic E-state index is 0.161. The Morgan fingerprint density at radius 1 is 1.07 bits per heavy atom. The van der Waals surface area contributed by atoms with Crippen LogP contribution in [0.2, 0.25) is 5.02 Å². The number of allylic oxidation sites excluding steroid dienone is 1. The molecular weight excluding hydrogens is 568 g/mol. The smallest absolute Gasteiger partial charge is 0.344 e. The third-order valence-corrected chi connectivity index (χ3v) is 7.45. The lowest BCUT2D eigenvalue weighted by Gasteiger charge is -2.27. The summed E-state index contributed by atoms with van der Waals surface area (Å²) in [4.78, 5) is 44.5. The molecule has 216 valence electrons. The van der Waals surface area contributed by atoms with Crippen LogP contribution >= 0.6 is 22.9 Å².